The number of amides is 1. The Morgan fingerprint density at radius 1 is 1.24 bits per heavy atom. The highest BCUT2D eigenvalue weighted by Crippen LogP contribution is 2.35. The van der Waals surface area contributed by atoms with Crippen LogP contribution < -0.4 is 10.1 Å². The van der Waals surface area contributed by atoms with Gasteiger partial charge < -0.3 is 10.1 Å². The van der Waals surface area contributed by atoms with E-state index in [1.54, 1.807) is 24.3 Å². The van der Waals surface area contributed by atoms with Crippen molar-refractivity contribution in [3.63, 3.8) is 0 Å². The third kappa shape index (κ3) is 2.87. The molecule has 0 saturated carbocycles. The summed E-state index contributed by atoms with van der Waals surface area (Å²) in [5, 5.41) is 11.6. The van der Waals surface area contributed by atoms with Crippen LogP contribution in [0.2, 0.25) is 0 Å². The number of nitrogens with one attached hydrogen (secondary N) is 1. The predicted molar refractivity (Wildman–Crippen MR) is 79.1 cm³/mol. The highest BCUT2D eigenvalue weighted by molar-refractivity contribution is 5.91. The topological polar surface area (TPSA) is 62.1 Å². The third-order valence-corrected chi connectivity index (χ3v) is 3.53. The highest BCUT2D eigenvalue weighted by Gasteiger charge is 2.25. The van der Waals surface area contributed by atoms with Gasteiger partial charge in [-0.15, -0.1) is 0 Å². The molecule has 1 unspecified atom stereocenters. The Morgan fingerprint density at radius 3 is 2.76 bits per heavy atom. The van der Waals surface area contributed by atoms with Gasteiger partial charge in [0.1, 0.15) is 5.75 Å². The zero-order chi connectivity index (χ0) is 14.7. The molecule has 1 heterocycles. The molecule has 4 nitrogen and oxygen atoms in total. The Kier molecular flexibility index (Phi) is 3.57. The van der Waals surface area contributed by atoms with Gasteiger partial charge in [-0.05, 0) is 30.3 Å². The Morgan fingerprint density at radius 2 is 2.00 bits per heavy atom. The fourth-order valence-corrected chi connectivity index (χ4v) is 2.46. The van der Waals surface area contributed by atoms with Gasteiger partial charge in [-0.2, -0.15) is 5.26 Å². The number of anilines is 1. The van der Waals surface area contributed by atoms with Crippen LogP contribution in [-0.4, -0.2) is 12.5 Å². The normalized spacial score (nSPS) is 15.7. The molecule has 3 rings (SSSR count). The van der Waals surface area contributed by atoms with E-state index in [-0.39, 0.29) is 11.8 Å². The van der Waals surface area contributed by atoms with Gasteiger partial charge in [-0.25, -0.2) is 0 Å². The monoisotopic (exact) mass is 278 g/mol. The minimum atomic E-state index is -0.0509. The largest absolute Gasteiger partial charge is 0.493 e. The molecule has 1 atom stereocenters. The molecular weight excluding hydrogens is 264 g/mol. The standard InChI is InChI=1S/C17H14N2O2/c18-10-12-5-7-14(8-6-12)19-17(20)9-13-11-21-16-4-2-1-3-15(13)16/h1-8,13H,9,11H2,(H,19,20). The van der Waals surface area contributed by atoms with E-state index in [0.717, 1.165) is 11.3 Å². The molecule has 1 aliphatic rings. The summed E-state index contributed by atoms with van der Waals surface area (Å²) >= 11 is 0. The van der Waals surface area contributed by atoms with Crippen LogP contribution in [0.3, 0.4) is 0 Å². The summed E-state index contributed by atoms with van der Waals surface area (Å²) in [6.07, 6.45) is 0.386. The molecule has 0 aromatic heterocycles. The number of benzene rings is 2. The van der Waals surface area contributed by atoms with E-state index < -0.39 is 0 Å². The van der Waals surface area contributed by atoms with Gasteiger partial charge in [-0.1, -0.05) is 18.2 Å². The van der Waals surface area contributed by atoms with Crippen LogP contribution in [0.5, 0.6) is 5.75 Å². The maximum absolute atomic E-state index is 12.1. The lowest BCUT2D eigenvalue weighted by Crippen LogP contribution is -2.16. The van der Waals surface area contributed by atoms with E-state index >= 15 is 0 Å². The molecule has 2 aromatic rings. The maximum Gasteiger partial charge on any atom is 0.225 e. The fraction of sp³-hybridized carbons (Fsp3) is 0.176. The number of para-hydroxylation sites is 1. The first-order valence-electron chi connectivity index (χ1n) is 6.78. The van der Waals surface area contributed by atoms with Crippen molar-refractivity contribution in [3.05, 3.63) is 59.7 Å². The molecule has 0 spiro atoms. The summed E-state index contributed by atoms with van der Waals surface area (Å²) < 4.78 is 5.58. The molecule has 0 radical (unpaired) electrons. The average molecular weight is 278 g/mol. The fourth-order valence-electron chi connectivity index (χ4n) is 2.46. The summed E-state index contributed by atoms with van der Waals surface area (Å²) in [5.74, 6) is 0.915. The van der Waals surface area contributed by atoms with Crippen LogP contribution in [0.25, 0.3) is 0 Å². The van der Waals surface area contributed by atoms with Crippen LogP contribution in [0.1, 0.15) is 23.5 Å². The molecular formula is C17H14N2O2. The predicted octanol–water partition coefficient (Wildman–Crippen LogP) is 3.06. The molecule has 1 N–H and O–H groups in total. The van der Waals surface area contributed by atoms with Crippen molar-refractivity contribution in [2.45, 2.75) is 12.3 Å². The van der Waals surface area contributed by atoms with E-state index in [9.17, 15) is 4.79 Å². The van der Waals surface area contributed by atoms with Gasteiger partial charge in [0.2, 0.25) is 5.91 Å². The zero-order valence-electron chi connectivity index (χ0n) is 11.4. The van der Waals surface area contributed by atoms with Crippen molar-refractivity contribution in [2.24, 2.45) is 0 Å². The summed E-state index contributed by atoms with van der Waals surface area (Å²) in [6.45, 7) is 0.542. The lowest BCUT2D eigenvalue weighted by molar-refractivity contribution is -0.116. The van der Waals surface area contributed by atoms with Gasteiger partial charge in [-0.3, -0.25) is 4.79 Å². The van der Waals surface area contributed by atoms with Crippen molar-refractivity contribution in [3.8, 4) is 11.8 Å². The van der Waals surface area contributed by atoms with Crippen molar-refractivity contribution < 1.29 is 9.53 Å². The molecule has 4 heteroatoms. The second-order valence-corrected chi connectivity index (χ2v) is 4.99. The highest BCUT2D eigenvalue weighted by atomic mass is 16.5. The molecule has 2 aromatic carbocycles. The number of carbonyl (C=O) groups excluding carboxylic acids is 1. The van der Waals surface area contributed by atoms with E-state index in [4.69, 9.17) is 10.00 Å². The van der Waals surface area contributed by atoms with E-state index in [1.807, 2.05) is 30.3 Å². The van der Waals surface area contributed by atoms with E-state index in [1.165, 1.54) is 0 Å². The minimum Gasteiger partial charge on any atom is -0.493 e. The Balaban J connectivity index is 1.63. The van der Waals surface area contributed by atoms with Gasteiger partial charge in [0, 0.05) is 23.6 Å². The van der Waals surface area contributed by atoms with Gasteiger partial charge in [0.15, 0.2) is 0 Å². The van der Waals surface area contributed by atoms with Crippen LogP contribution in [-0.2, 0) is 4.79 Å². The van der Waals surface area contributed by atoms with Crippen LogP contribution in [0, 0.1) is 11.3 Å². The number of nitriles is 1. The lowest BCUT2D eigenvalue weighted by atomic mass is 9.97. The first kappa shape index (κ1) is 13.2. The van der Waals surface area contributed by atoms with Gasteiger partial charge in [0.25, 0.3) is 0 Å². The average Bonchev–Trinajstić information content (AvgIpc) is 2.91. The smallest absolute Gasteiger partial charge is 0.225 e. The van der Waals surface area contributed by atoms with E-state index in [0.29, 0.717) is 24.3 Å². The number of nitrogens with zero attached hydrogens (tertiary/aromatic N) is 1. The first-order chi connectivity index (χ1) is 10.3. The molecule has 0 fully saturated rings. The van der Waals surface area contributed by atoms with Crippen LogP contribution in [0.15, 0.2) is 48.5 Å². The van der Waals surface area contributed by atoms with Crippen molar-refractivity contribution >= 4 is 11.6 Å². The number of fused-ring (bicyclic) bond motifs is 1. The number of hydrogen-bond donors (Lipinski definition) is 1. The Bertz CT molecular complexity index is 701. The maximum atomic E-state index is 12.1. The quantitative estimate of drug-likeness (QED) is 0.938. The lowest BCUT2D eigenvalue weighted by Gasteiger charge is -2.09. The number of carbonyl (C=O) groups is 1. The second kappa shape index (κ2) is 5.68. The molecule has 0 aliphatic carbocycles. The molecule has 104 valence electrons. The van der Waals surface area contributed by atoms with Crippen molar-refractivity contribution in [1.29, 1.82) is 5.26 Å². The van der Waals surface area contributed by atoms with Gasteiger partial charge in [0.05, 0.1) is 18.2 Å². The molecule has 0 saturated heterocycles. The molecule has 0 bridgehead atoms. The third-order valence-electron chi connectivity index (χ3n) is 3.53. The van der Waals surface area contributed by atoms with Crippen LogP contribution >= 0.6 is 0 Å². The summed E-state index contributed by atoms with van der Waals surface area (Å²) in [6, 6.07) is 16.7. The number of hydrogen-bond acceptors (Lipinski definition) is 3. The summed E-state index contributed by atoms with van der Waals surface area (Å²) in [7, 11) is 0. The SMILES string of the molecule is N#Cc1ccc(NC(=O)CC2COc3ccccc32)cc1. The van der Waals surface area contributed by atoms with E-state index in [2.05, 4.69) is 5.32 Å². The Labute approximate surface area is 123 Å². The molecule has 21 heavy (non-hydrogen) atoms. The molecule has 1 amide bonds. The minimum absolute atomic E-state index is 0.0509. The molecule has 1 aliphatic heterocycles. The zero-order valence-corrected chi connectivity index (χ0v) is 11.4. The van der Waals surface area contributed by atoms with Gasteiger partial charge >= 0.3 is 0 Å². The Hall–Kier alpha value is -2.80. The van der Waals surface area contributed by atoms with Crippen LogP contribution in [0.4, 0.5) is 5.69 Å². The summed E-state index contributed by atoms with van der Waals surface area (Å²) in [4.78, 5) is 12.1. The van der Waals surface area contributed by atoms with Crippen molar-refractivity contribution in [1.82, 2.24) is 0 Å². The number of rotatable bonds is 3. The summed E-state index contributed by atoms with van der Waals surface area (Å²) in [5.41, 5.74) is 2.37. The van der Waals surface area contributed by atoms with Crippen molar-refractivity contribution in [2.75, 3.05) is 11.9 Å². The first-order valence-corrected chi connectivity index (χ1v) is 6.78. The number of ether oxygens (including phenoxy) is 1. The second-order valence-electron chi connectivity index (χ2n) is 4.99.